The number of benzene rings is 1. The molecule has 0 unspecified atom stereocenters. The third-order valence-corrected chi connectivity index (χ3v) is 5.59. The van der Waals surface area contributed by atoms with Crippen molar-refractivity contribution in [3.63, 3.8) is 0 Å². The first-order valence-electron chi connectivity index (χ1n) is 10.1. The van der Waals surface area contributed by atoms with Gasteiger partial charge in [-0.25, -0.2) is 9.78 Å². The molecular weight excluding hydrogens is 380 g/mol. The van der Waals surface area contributed by atoms with Gasteiger partial charge in [0.2, 0.25) is 0 Å². The van der Waals surface area contributed by atoms with Gasteiger partial charge in [0, 0.05) is 60.8 Å². The fourth-order valence-electron chi connectivity index (χ4n) is 4.23. The van der Waals surface area contributed by atoms with Crippen LogP contribution in [0.1, 0.15) is 13.8 Å². The maximum atomic E-state index is 12.8. The van der Waals surface area contributed by atoms with E-state index in [4.69, 9.17) is 9.15 Å². The molecule has 1 aliphatic heterocycles. The topological polar surface area (TPSA) is 72.0 Å². The maximum Gasteiger partial charge on any atom is 0.345 e. The Bertz CT molecular complexity index is 1280. The summed E-state index contributed by atoms with van der Waals surface area (Å²) < 4.78 is 12.8. The fourth-order valence-corrected chi connectivity index (χ4v) is 4.23. The first-order valence-corrected chi connectivity index (χ1v) is 10.1. The number of methoxy groups -OCH3 is 1. The minimum atomic E-state index is -0.392. The standard InChI is InChI=1S/C23H24N4O3/c1-14-11-27(12-15(2)24-14)17-5-4-16-8-19(23(28)30-21(16)9-17)20-13-26-7-6-18(29-3)10-22(26)25-20/h4-10,13-15,24H,11-12H2,1-3H3/t14-,15+. The number of nitrogens with zero attached hydrogens (tertiary/aromatic N) is 3. The molecule has 0 saturated carbocycles. The second kappa shape index (κ2) is 7.18. The van der Waals surface area contributed by atoms with Crippen molar-refractivity contribution in [2.75, 3.05) is 25.1 Å². The zero-order chi connectivity index (χ0) is 20.8. The number of anilines is 1. The third-order valence-electron chi connectivity index (χ3n) is 5.59. The van der Waals surface area contributed by atoms with Crippen LogP contribution >= 0.6 is 0 Å². The Hall–Kier alpha value is -3.32. The van der Waals surface area contributed by atoms with Gasteiger partial charge in [0.1, 0.15) is 17.0 Å². The number of ether oxygens (including phenoxy) is 1. The molecule has 4 aromatic rings. The van der Waals surface area contributed by atoms with Crippen molar-refractivity contribution in [1.82, 2.24) is 14.7 Å². The Morgan fingerprint density at radius 3 is 2.70 bits per heavy atom. The molecule has 0 bridgehead atoms. The Balaban J connectivity index is 1.53. The van der Waals surface area contributed by atoms with Crippen LogP contribution in [0.3, 0.4) is 0 Å². The van der Waals surface area contributed by atoms with Crippen molar-refractivity contribution in [2.24, 2.45) is 0 Å². The highest BCUT2D eigenvalue weighted by Gasteiger charge is 2.21. The molecule has 1 aromatic carbocycles. The lowest BCUT2D eigenvalue weighted by Crippen LogP contribution is -2.54. The lowest BCUT2D eigenvalue weighted by Gasteiger charge is -2.37. The Morgan fingerprint density at radius 2 is 1.93 bits per heavy atom. The number of rotatable bonds is 3. The molecule has 1 saturated heterocycles. The third kappa shape index (κ3) is 3.31. The van der Waals surface area contributed by atoms with Crippen LogP contribution in [0.5, 0.6) is 5.75 Å². The summed E-state index contributed by atoms with van der Waals surface area (Å²) in [5.74, 6) is 0.717. The molecule has 1 aliphatic rings. The smallest absolute Gasteiger partial charge is 0.345 e. The van der Waals surface area contributed by atoms with Crippen molar-refractivity contribution in [3.8, 4) is 17.0 Å². The van der Waals surface area contributed by atoms with Crippen LogP contribution in [0.25, 0.3) is 27.9 Å². The molecule has 30 heavy (non-hydrogen) atoms. The molecule has 4 heterocycles. The van der Waals surface area contributed by atoms with Gasteiger partial charge < -0.3 is 23.8 Å². The van der Waals surface area contributed by atoms with Crippen molar-refractivity contribution in [2.45, 2.75) is 25.9 Å². The van der Waals surface area contributed by atoms with Gasteiger partial charge in [-0.05, 0) is 38.1 Å². The predicted octanol–water partition coefficient (Wildman–Crippen LogP) is 3.30. The minimum Gasteiger partial charge on any atom is -0.497 e. The monoisotopic (exact) mass is 404 g/mol. The van der Waals surface area contributed by atoms with Crippen molar-refractivity contribution >= 4 is 22.3 Å². The van der Waals surface area contributed by atoms with E-state index in [2.05, 4.69) is 35.1 Å². The van der Waals surface area contributed by atoms with Crippen molar-refractivity contribution in [1.29, 1.82) is 0 Å². The second-order valence-electron chi connectivity index (χ2n) is 8.00. The van der Waals surface area contributed by atoms with Crippen LogP contribution in [0, 0.1) is 0 Å². The van der Waals surface area contributed by atoms with E-state index < -0.39 is 5.63 Å². The van der Waals surface area contributed by atoms with Crippen LogP contribution < -0.4 is 20.6 Å². The molecule has 5 rings (SSSR count). The van der Waals surface area contributed by atoms with Crippen LogP contribution in [-0.2, 0) is 0 Å². The molecule has 7 nitrogen and oxygen atoms in total. The lowest BCUT2D eigenvalue weighted by atomic mass is 10.1. The summed E-state index contributed by atoms with van der Waals surface area (Å²) >= 11 is 0. The minimum absolute atomic E-state index is 0.392. The van der Waals surface area contributed by atoms with Gasteiger partial charge in [0.15, 0.2) is 0 Å². The number of aromatic nitrogens is 2. The SMILES string of the molecule is COc1ccn2cc(-c3cc4ccc(N5C[C@@H](C)N[C@@H](C)C5)cc4oc3=O)nc2c1. The van der Waals surface area contributed by atoms with Gasteiger partial charge in [0.05, 0.1) is 18.4 Å². The normalized spacial score (nSPS) is 19.5. The van der Waals surface area contributed by atoms with E-state index >= 15 is 0 Å². The first-order chi connectivity index (χ1) is 14.5. The van der Waals surface area contributed by atoms with Gasteiger partial charge in [-0.15, -0.1) is 0 Å². The summed E-state index contributed by atoms with van der Waals surface area (Å²) in [7, 11) is 1.61. The largest absolute Gasteiger partial charge is 0.497 e. The zero-order valence-electron chi connectivity index (χ0n) is 17.3. The number of hydrogen-bond acceptors (Lipinski definition) is 6. The summed E-state index contributed by atoms with van der Waals surface area (Å²) in [6.07, 6.45) is 3.68. The van der Waals surface area contributed by atoms with E-state index in [-0.39, 0.29) is 0 Å². The van der Waals surface area contributed by atoms with E-state index in [1.165, 1.54) is 0 Å². The molecule has 0 radical (unpaired) electrons. The number of hydrogen-bond donors (Lipinski definition) is 1. The summed E-state index contributed by atoms with van der Waals surface area (Å²) in [6.45, 7) is 6.20. The van der Waals surface area contributed by atoms with Gasteiger partial charge in [-0.3, -0.25) is 0 Å². The van der Waals surface area contributed by atoms with E-state index in [1.807, 2.05) is 47.1 Å². The Morgan fingerprint density at radius 1 is 1.13 bits per heavy atom. The predicted molar refractivity (Wildman–Crippen MR) is 117 cm³/mol. The van der Waals surface area contributed by atoms with Gasteiger partial charge in [-0.1, -0.05) is 0 Å². The molecule has 7 heteroatoms. The van der Waals surface area contributed by atoms with E-state index in [9.17, 15) is 4.79 Å². The van der Waals surface area contributed by atoms with Crippen LogP contribution in [0.2, 0.25) is 0 Å². The van der Waals surface area contributed by atoms with Crippen molar-refractivity contribution in [3.05, 3.63) is 59.2 Å². The molecule has 3 aromatic heterocycles. The first kappa shape index (κ1) is 18.7. The average Bonchev–Trinajstić information content (AvgIpc) is 3.15. The molecular formula is C23H24N4O3. The molecule has 154 valence electrons. The quantitative estimate of drug-likeness (QED) is 0.528. The average molecular weight is 404 g/mol. The van der Waals surface area contributed by atoms with E-state index in [0.717, 1.165) is 24.2 Å². The fraction of sp³-hybridized carbons (Fsp3) is 0.304. The van der Waals surface area contributed by atoms with Crippen LogP contribution in [0.4, 0.5) is 5.69 Å². The lowest BCUT2D eigenvalue weighted by molar-refractivity contribution is 0.407. The van der Waals surface area contributed by atoms with E-state index in [0.29, 0.717) is 40.3 Å². The highest BCUT2D eigenvalue weighted by atomic mass is 16.5. The Kier molecular flexibility index (Phi) is 4.47. The summed E-state index contributed by atoms with van der Waals surface area (Å²) in [4.78, 5) is 19.7. The number of pyridine rings is 1. The zero-order valence-corrected chi connectivity index (χ0v) is 17.3. The van der Waals surface area contributed by atoms with Crippen LogP contribution in [0.15, 0.2) is 58.0 Å². The molecule has 2 atom stereocenters. The maximum absolute atomic E-state index is 12.8. The summed E-state index contributed by atoms with van der Waals surface area (Å²) in [5, 5.41) is 4.41. The van der Waals surface area contributed by atoms with Crippen molar-refractivity contribution < 1.29 is 9.15 Å². The number of piperazine rings is 1. The molecule has 1 fully saturated rings. The van der Waals surface area contributed by atoms with Crippen LogP contribution in [-0.4, -0.2) is 41.7 Å². The molecule has 0 aliphatic carbocycles. The number of nitrogens with one attached hydrogen (secondary N) is 1. The van der Waals surface area contributed by atoms with Gasteiger partial charge >= 0.3 is 5.63 Å². The number of fused-ring (bicyclic) bond motifs is 2. The molecule has 0 spiro atoms. The van der Waals surface area contributed by atoms with Gasteiger partial charge in [0.25, 0.3) is 0 Å². The van der Waals surface area contributed by atoms with E-state index in [1.54, 1.807) is 7.11 Å². The second-order valence-corrected chi connectivity index (χ2v) is 8.00. The van der Waals surface area contributed by atoms with Gasteiger partial charge in [-0.2, -0.15) is 0 Å². The number of imidazole rings is 1. The summed E-state index contributed by atoms with van der Waals surface area (Å²) in [5.41, 5.74) is 3.00. The highest BCUT2D eigenvalue weighted by Crippen LogP contribution is 2.26. The molecule has 1 N–H and O–H groups in total. The Labute approximate surface area is 173 Å². The summed E-state index contributed by atoms with van der Waals surface area (Å²) in [6, 6.07) is 12.4. The molecule has 0 amide bonds. The highest BCUT2D eigenvalue weighted by molar-refractivity contribution is 5.84.